The minimum Gasteiger partial charge on any atom is -0.285 e. The van der Waals surface area contributed by atoms with E-state index in [4.69, 9.17) is 4.99 Å². The molecule has 0 amide bonds. The van der Waals surface area contributed by atoms with Crippen LogP contribution in [0.15, 0.2) is 124 Å². The van der Waals surface area contributed by atoms with Crippen molar-refractivity contribution in [3.05, 3.63) is 125 Å². The van der Waals surface area contributed by atoms with Crippen LogP contribution >= 0.6 is 11.3 Å². The van der Waals surface area contributed by atoms with E-state index in [1.807, 2.05) is 73.7 Å². The fraction of sp³-hybridized carbons (Fsp3) is 0.0714. The van der Waals surface area contributed by atoms with Crippen molar-refractivity contribution in [3.8, 4) is 5.69 Å². The molecule has 0 aliphatic rings. The molecule has 0 saturated heterocycles. The van der Waals surface area contributed by atoms with Crippen molar-refractivity contribution in [3.63, 3.8) is 0 Å². The second kappa shape index (κ2) is 9.82. The zero-order valence-corrected chi connectivity index (χ0v) is 20.7. The lowest BCUT2D eigenvalue weighted by Gasteiger charge is -2.07. The van der Waals surface area contributed by atoms with E-state index in [-0.39, 0.29) is 10.8 Å². The quantitative estimate of drug-likeness (QED) is 0.228. The van der Waals surface area contributed by atoms with Gasteiger partial charge in [-0.25, -0.2) is 18.4 Å². The summed E-state index contributed by atoms with van der Waals surface area (Å²) in [6.45, 7) is 2.01. The first-order valence-electron chi connectivity index (χ1n) is 11.1. The number of hydrogen-bond donors (Lipinski definition) is 0. The van der Waals surface area contributed by atoms with Crippen molar-refractivity contribution >= 4 is 37.2 Å². The molecule has 4 aromatic carbocycles. The maximum Gasteiger partial charge on any atom is 0.198 e. The largest absolute Gasteiger partial charge is 0.285 e. The smallest absolute Gasteiger partial charge is 0.198 e. The molecule has 0 fully saturated rings. The number of benzene rings is 4. The van der Waals surface area contributed by atoms with E-state index in [1.54, 1.807) is 41.7 Å². The fourth-order valence-electron chi connectivity index (χ4n) is 3.71. The summed E-state index contributed by atoms with van der Waals surface area (Å²) in [5.74, 6) is -0.0132. The van der Waals surface area contributed by atoms with Crippen molar-refractivity contribution < 1.29 is 8.42 Å². The number of thiazole rings is 1. The van der Waals surface area contributed by atoms with Gasteiger partial charge >= 0.3 is 0 Å². The summed E-state index contributed by atoms with van der Waals surface area (Å²) in [6.07, 6.45) is 0. The van der Waals surface area contributed by atoms with Crippen LogP contribution in [0.2, 0.25) is 0 Å². The highest BCUT2D eigenvalue weighted by Crippen LogP contribution is 2.21. The van der Waals surface area contributed by atoms with Crippen LogP contribution < -0.4 is 4.80 Å². The molecule has 0 saturated carbocycles. The average Bonchev–Trinajstić information content (AvgIpc) is 3.26. The minimum absolute atomic E-state index is 0.244. The molecule has 0 aliphatic carbocycles. The van der Waals surface area contributed by atoms with E-state index < -0.39 is 9.84 Å². The van der Waals surface area contributed by atoms with Crippen molar-refractivity contribution in [1.29, 1.82) is 0 Å². The van der Waals surface area contributed by atoms with E-state index in [9.17, 15) is 8.42 Å². The summed E-state index contributed by atoms with van der Waals surface area (Å²) in [4.78, 5) is 10.4. The van der Waals surface area contributed by atoms with Gasteiger partial charge in [0.05, 0.1) is 15.1 Å². The Morgan fingerprint density at radius 3 is 2.14 bits per heavy atom. The fourth-order valence-corrected chi connectivity index (χ4v) is 5.76. The molecule has 0 N–H and O–H groups in total. The topological polar surface area (TPSA) is 63.8 Å². The minimum atomic E-state index is -3.60. The number of amidine groups is 1. The van der Waals surface area contributed by atoms with Crippen LogP contribution in [0.25, 0.3) is 15.9 Å². The monoisotopic (exact) mass is 497 g/mol. The molecule has 7 heteroatoms. The van der Waals surface area contributed by atoms with Crippen molar-refractivity contribution in [1.82, 2.24) is 4.57 Å². The number of para-hydroxylation sites is 2. The molecule has 0 atom stereocenters. The van der Waals surface area contributed by atoms with Gasteiger partial charge in [0.1, 0.15) is 5.88 Å². The van der Waals surface area contributed by atoms with E-state index in [1.165, 1.54) is 0 Å². The Kier molecular flexibility index (Phi) is 6.44. The number of sulfone groups is 1. The van der Waals surface area contributed by atoms with Gasteiger partial charge in [0.2, 0.25) is 0 Å². The summed E-state index contributed by atoms with van der Waals surface area (Å²) in [6, 6.07) is 34.3. The number of aryl methyl sites for hydroxylation is 1. The Labute approximate surface area is 208 Å². The first kappa shape index (κ1) is 23.0. The zero-order chi connectivity index (χ0) is 24.3. The van der Waals surface area contributed by atoms with Crippen LogP contribution in [-0.2, 0) is 9.84 Å². The van der Waals surface area contributed by atoms with Crippen LogP contribution in [0.1, 0.15) is 11.1 Å². The molecule has 0 bridgehead atoms. The molecular weight excluding hydrogens is 474 g/mol. The van der Waals surface area contributed by atoms with E-state index in [0.717, 1.165) is 27.0 Å². The number of aliphatic imine (C=N–C) groups is 1. The second-order valence-corrected chi connectivity index (χ2v) is 11.0. The Morgan fingerprint density at radius 1 is 0.800 bits per heavy atom. The average molecular weight is 498 g/mol. The molecule has 1 heterocycles. The van der Waals surface area contributed by atoms with Crippen LogP contribution in [-0.4, -0.2) is 24.7 Å². The highest BCUT2D eigenvalue weighted by molar-refractivity contribution is 7.91. The summed E-state index contributed by atoms with van der Waals surface area (Å²) in [5.41, 5.74) is 3.87. The summed E-state index contributed by atoms with van der Waals surface area (Å²) in [5, 5.41) is 0. The van der Waals surface area contributed by atoms with E-state index in [2.05, 4.69) is 21.7 Å². The molecule has 5 nitrogen and oxygen atoms in total. The third-order valence-corrected chi connectivity index (χ3v) is 7.99. The number of rotatable bonds is 5. The van der Waals surface area contributed by atoms with Crippen molar-refractivity contribution in [2.75, 3.05) is 5.88 Å². The number of aromatic nitrogens is 1. The Balaban J connectivity index is 1.69. The van der Waals surface area contributed by atoms with Gasteiger partial charge in [0, 0.05) is 11.3 Å². The number of hydrogen-bond acceptors (Lipinski definition) is 4. The highest BCUT2D eigenvalue weighted by atomic mass is 32.2. The zero-order valence-electron chi connectivity index (χ0n) is 19.1. The van der Waals surface area contributed by atoms with Gasteiger partial charge in [-0.2, -0.15) is 0 Å². The van der Waals surface area contributed by atoms with Crippen molar-refractivity contribution in [2.45, 2.75) is 11.8 Å². The normalized spacial score (nSPS) is 12.8. The van der Waals surface area contributed by atoms with Gasteiger partial charge < -0.3 is 0 Å². The third kappa shape index (κ3) is 5.01. The first-order chi connectivity index (χ1) is 17.0. The molecule has 5 aromatic rings. The van der Waals surface area contributed by atoms with Crippen LogP contribution in [0.3, 0.4) is 0 Å². The molecule has 0 radical (unpaired) electrons. The lowest BCUT2D eigenvalue weighted by Crippen LogP contribution is -2.16. The molecule has 0 spiro atoms. The molecule has 174 valence electrons. The SMILES string of the molecule is Cc1ccc(/C(N=c2sc3ccccc3n2-c2ccccc2)=N\CS(=O)(=O)c2ccccc2)cc1. The van der Waals surface area contributed by atoms with Gasteiger partial charge in [0.15, 0.2) is 20.5 Å². The molecule has 0 aliphatic heterocycles. The molecule has 5 rings (SSSR count). The predicted octanol–water partition coefficient (Wildman–Crippen LogP) is 5.78. The third-order valence-electron chi connectivity index (χ3n) is 5.51. The van der Waals surface area contributed by atoms with Gasteiger partial charge in [-0.1, -0.05) is 89.7 Å². The molecular formula is C28H23N3O2S2. The predicted molar refractivity (Wildman–Crippen MR) is 143 cm³/mol. The molecule has 0 unspecified atom stereocenters. The van der Waals surface area contributed by atoms with Crippen LogP contribution in [0, 0.1) is 6.92 Å². The van der Waals surface area contributed by atoms with Gasteiger partial charge in [-0.05, 0) is 43.3 Å². The lowest BCUT2D eigenvalue weighted by atomic mass is 10.1. The Morgan fingerprint density at radius 2 is 1.43 bits per heavy atom. The Bertz CT molecular complexity index is 1670. The summed E-state index contributed by atoms with van der Waals surface area (Å²) in [7, 11) is -3.60. The Hall–Kier alpha value is -3.81. The maximum atomic E-state index is 13.0. The van der Waals surface area contributed by atoms with E-state index in [0.29, 0.717) is 10.6 Å². The van der Waals surface area contributed by atoms with E-state index >= 15 is 0 Å². The molecule has 1 aromatic heterocycles. The van der Waals surface area contributed by atoms with Gasteiger partial charge in [-0.15, -0.1) is 0 Å². The van der Waals surface area contributed by atoms with Gasteiger partial charge in [0.25, 0.3) is 0 Å². The van der Waals surface area contributed by atoms with Gasteiger partial charge in [-0.3, -0.25) is 4.57 Å². The highest BCUT2D eigenvalue weighted by Gasteiger charge is 2.15. The first-order valence-corrected chi connectivity index (χ1v) is 13.6. The maximum absolute atomic E-state index is 13.0. The standard InChI is InChI=1S/C28H23N3O2S2/c1-21-16-18-22(19-17-21)27(29-20-35(32,33)24-12-6-3-7-13-24)30-28-31(23-10-4-2-5-11-23)25-14-8-9-15-26(25)34-28/h2-19H,20H2,1H3/b29-27+,30-28?. The van der Waals surface area contributed by atoms with Crippen LogP contribution in [0.5, 0.6) is 0 Å². The summed E-state index contributed by atoms with van der Waals surface area (Å²) < 4.78 is 29.1. The second-order valence-electron chi connectivity index (χ2n) is 8.04. The van der Waals surface area contributed by atoms with Crippen LogP contribution in [0.4, 0.5) is 0 Å². The van der Waals surface area contributed by atoms with Crippen molar-refractivity contribution in [2.24, 2.45) is 9.98 Å². The molecule has 35 heavy (non-hydrogen) atoms. The summed E-state index contributed by atoms with van der Waals surface area (Å²) >= 11 is 1.54. The number of nitrogens with zero attached hydrogens (tertiary/aromatic N) is 3. The lowest BCUT2D eigenvalue weighted by molar-refractivity contribution is 0.596. The number of fused-ring (bicyclic) bond motifs is 1.